The van der Waals surface area contributed by atoms with Crippen LogP contribution in [0.3, 0.4) is 0 Å². The van der Waals surface area contributed by atoms with Crippen molar-refractivity contribution in [1.29, 1.82) is 0 Å². The molecular weight excluding hydrogens is 558 g/mol. The zero-order valence-electron chi connectivity index (χ0n) is 23.1. The summed E-state index contributed by atoms with van der Waals surface area (Å²) in [5, 5.41) is 3.60. The van der Waals surface area contributed by atoms with Crippen molar-refractivity contribution in [2.24, 2.45) is 5.11 Å². The van der Waals surface area contributed by atoms with Crippen LogP contribution >= 0.6 is 0 Å². The maximum atomic E-state index is 12.0. The predicted molar refractivity (Wildman–Crippen MR) is 127 cm³/mol. The highest BCUT2D eigenvalue weighted by Crippen LogP contribution is 2.33. The molecule has 0 aromatic carbocycles. The number of azide groups is 1. The fraction of sp³-hybridized carbons (Fsp3) is 0.739. The molecule has 18 nitrogen and oxygen atoms in total. The van der Waals surface area contributed by atoms with Gasteiger partial charge in [-0.05, 0) is 5.53 Å². The van der Waals surface area contributed by atoms with Crippen LogP contribution in [0.2, 0.25) is 0 Å². The van der Waals surface area contributed by atoms with Crippen LogP contribution in [-0.4, -0.2) is 104 Å². The minimum Gasteiger partial charge on any atom is -0.463 e. The molecule has 2 heterocycles. The summed E-state index contributed by atoms with van der Waals surface area (Å²) in [6, 6.07) is -1.54. The number of nitrogens with zero attached hydrogens (tertiary/aromatic N) is 3. The zero-order chi connectivity index (χ0) is 30.9. The Morgan fingerprint density at radius 3 is 1.73 bits per heavy atom. The Hall–Kier alpha value is -3.99. The average Bonchev–Trinajstić information content (AvgIpc) is 2.83. The van der Waals surface area contributed by atoms with Crippen molar-refractivity contribution in [1.82, 2.24) is 0 Å². The van der Waals surface area contributed by atoms with E-state index in [1.165, 1.54) is 0 Å². The zero-order valence-corrected chi connectivity index (χ0v) is 23.1. The summed E-state index contributed by atoms with van der Waals surface area (Å²) in [6.07, 6.45) is -11.7. The predicted octanol–water partition coefficient (Wildman–Crippen LogP) is -0.0153. The van der Waals surface area contributed by atoms with Crippen LogP contribution in [0, 0.1) is 0 Å². The van der Waals surface area contributed by atoms with Gasteiger partial charge in [-0.1, -0.05) is 5.11 Å². The van der Waals surface area contributed by atoms with Crippen LogP contribution in [0.25, 0.3) is 10.4 Å². The molecule has 0 unspecified atom stereocenters. The largest absolute Gasteiger partial charge is 0.463 e. The van der Waals surface area contributed by atoms with E-state index in [1.807, 2.05) is 0 Å². The Bertz CT molecular complexity index is 1060. The summed E-state index contributed by atoms with van der Waals surface area (Å²) in [4.78, 5) is 73.5. The number of esters is 6. The van der Waals surface area contributed by atoms with E-state index in [1.54, 1.807) is 0 Å². The minimum atomic E-state index is -1.67. The molecule has 0 saturated carbocycles. The summed E-state index contributed by atoms with van der Waals surface area (Å²) in [6.45, 7) is 5.52. The lowest BCUT2D eigenvalue weighted by Gasteiger charge is -2.46. The first kappa shape index (κ1) is 33.2. The Labute approximate surface area is 233 Å². The van der Waals surface area contributed by atoms with Gasteiger partial charge in [-0.25, -0.2) is 0 Å². The van der Waals surface area contributed by atoms with E-state index in [2.05, 4.69) is 10.0 Å². The lowest BCUT2D eigenvalue weighted by Crippen LogP contribution is -2.64. The number of carbonyl (C=O) groups excluding carboxylic acids is 6. The van der Waals surface area contributed by atoms with Gasteiger partial charge in [0.25, 0.3) is 0 Å². The highest BCUT2D eigenvalue weighted by atomic mass is 16.8. The SMILES string of the molecule is CC(=O)OC[C@H]1O[C@@H](O[C@@H]2OC[C@H](OC(C)=O)[C@@H](OC(C)=O)[C@H]2OC(C)=O)[C@H](N=[N+]=[N-])[C@@H](OC(C)=O)[C@@H]1OC(C)=O. The van der Waals surface area contributed by atoms with Crippen LogP contribution in [0.5, 0.6) is 0 Å². The van der Waals surface area contributed by atoms with Gasteiger partial charge in [0.2, 0.25) is 6.29 Å². The third-order valence-corrected chi connectivity index (χ3v) is 5.43. The first-order valence-electron chi connectivity index (χ1n) is 12.2. The molecule has 9 atom stereocenters. The molecule has 0 spiro atoms. The molecule has 228 valence electrons. The standard InChI is InChI=1S/C23H31N3O15/c1-9(27)33-7-16-18(36-11(3)29)20(38-13(5)31)17(25-26-24)22(40-16)41-23-21(39-14(6)32)19(37-12(4)30)15(8-34-23)35-10(2)28/h15-23H,7-8H2,1-6H3/t15-,16+,17+,18+,19+,20+,21+,22-,23-/m0/s1. The van der Waals surface area contributed by atoms with Crippen molar-refractivity contribution in [2.75, 3.05) is 13.2 Å². The fourth-order valence-electron chi connectivity index (χ4n) is 4.14. The molecule has 0 amide bonds. The molecule has 0 N–H and O–H groups in total. The molecule has 0 aromatic heterocycles. The summed E-state index contributed by atoms with van der Waals surface area (Å²) in [7, 11) is 0. The Balaban J connectivity index is 2.52. The molecule has 0 radical (unpaired) electrons. The summed E-state index contributed by atoms with van der Waals surface area (Å²) < 4.78 is 48.7. The van der Waals surface area contributed by atoms with Gasteiger partial charge < -0.3 is 42.6 Å². The number of rotatable bonds is 10. The lowest BCUT2D eigenvalue weighted by atomic mass is 9.96. The average molecular weight is 590 g/mol. The molecule has 0 aliphatic carbocycles. The van der Waals surface area contributed by atoms with Gasteiger partial charge in [-0.3, -0.25) is 28.8 Å². The first-order chi connectivity index (χ1) is 19.2. The van der Waals surface area contributed by atoms with E-state index in [4.69, 9.17) is 42.6 Å². The van der Waals surface area contributed by atoms with Crippen molar-refractivity contribution in [3.05, 3.63) is 10.4 Å². The van der Waals surface area contributed by atoms with Crippen molar-refractivity contribution in [3.8, 4) is 0 Å². The van der Waals surface area contributed by atoms with Gasteiger partial charge in [0.15, 0.2) is 36.8 Å². The lowest BCUT2D eigenvalue weighted by molar-refractivity contribution is -0.348. The highest BCUT2D eigenvalue weighted by Gasteiger charge is 2.54. The van der Waals surface area contributed by atoms with Gasteiger partial charge in [-0.2, -0.15) is 0 Å². The van der Waals surface area contributed by atoms with E-state index in [9.17, 15) is 34.3 Å². The monoisotopic (exact) mass is 589 g/mol. The summed E-state index contributed by atoms with van der Waals surface area (Å²) >= 11 is 0. The van der Waals surface area contributed by atoms with Gasteiger partial charge in [-0.15, -0.1) is 0 Å². The summed E-state index contributed by atoms with van der Waals surface area (Å²) in [5.74, 6) is -4.82. The van der Waals surface area contributed by atoms with Gasteiger partial charge in [0.1, 0.15) is 18.8 Å². The molecule has 41 heavy (non-hydrogen) atoms. The molecule has 0 bridgehead atoms. The number of hydrogen-bond donors (Lipinski definition) is 0. The third kappa shape index (κ3) is 9.86. The topological polar surface area (TPSA) is 234 Å². The van der Waals surface area contributed by atoms with E-state index in [0.29, 0.717) is 0 Å². The van der Waals surface area contributed by atoms with E-state index >= 15 is 0 Å². The second-order valence-corrected chi connectivity index (χ2v) is 8.82. The van der Waals surface area contributed by atoms with Crippen molar-refractivity contribution >= 4 is 35.8 Å². The van der Waals surface area contributed by atoms with Crippen LogP contribution < -0.4 is 0 Å². The smallest absolute Gasteiger partial charge is 0.303 e. The van der Waals surface area contributed by atoms with Crippen molar-refractivity contribution in [3.63, 3.8) is 0 Å². The molecule has 2 saturated heterocycles. The van der Waals surface area contributed by atoms with Crippen LogP contribution in [0.1, 0.15) is 41.5 Å². The van der Waals surface area contributed by atoms with Gasteiger partial charge >= 0.3 is 35.8 Å². The number of ether oxygens (including phenoxy) is 9. The Morgan fingerprint density at radius 1 is 0.707 bits per heavy atom. The molecule has 0 aromatic rings. The van der Waals surface area contributed by atoms with Crippen LogP contribution in [0.4, 0.5) is 0 Å². The molecule has 2 aliphatic heterocycles. The van der Waals surface area contributed by atoms with Crippen LogP contribution in [-0.2, 0) is 71.4 Å². The Kier molecular flexibility index (Phi) is 12.3. The van der Waals surface area contributed by atoms with E-state index in [-0.39, 0.29) is 0 Å². The third-order valence-electron chi connectivity index (χ3n) is 5.43. The van der Waals surface area contributed by atoms with Gasteiger partial charge in [0, 0.05) is 46.5 Å². The molecular formula is C23H31N3O15. The highest BCUT2D eigenvalue weighted by molar-refractivity contribution is 5.69. The molecule has 2 aliphatic rings. The normalized spacial score (nSPS) is 30.9. The molecule has 2 rings (SSSR count). The second-order valence-electron chi connectivity index (χ2n) is 8.82. The second kappa shape index (κ2) is 15.1. The quantitative estimate of drug-likeness (QED) is 0.107. The molecule has 2 fully saturated rings. The number of carbonyl (C=O) groups is 6. The van der Waals surface area contributed by atoms with Crippen LogP contribution in [0.15, 0.2) is 5.11 Å². The minimum absolute atomic E-state index is 0.404. The summed E-state index contributed by atoms with van der Waals surface area (Å²) in [5.41, 5.74) is 9.26. The van der Waals surface area contributed by atoms with Crippen molar-refractivity contribution in [2.45, 2.75) is 96.8 Å². The van der Waals surface area contributed by atoms with Gasteiger partial charge in [0.05, 0.1) is 6.61 Å². The Morgan fingerprint density at radius 2 is 1.22 bits per heavy atom. The fourth-order valence-corrected chi connectivity index (χ4v) is 4.14. The molecule has 18 heteroatoms. The van der Waals surface area contributed by atoms with Crippen molar-refractivity contribution < 1.29 is 71.4 Å². The number of hydrogen-bond acceptors (Lipinski definition) is 16. The van der Waals surface area contributed by atoms with E-state index in [0.717, 1.165) is 41.5 Å². The first-order valence-corrected chi connectivity index (χ1v) is 12.2. The maximum absolute atomic E-state index is 12.0. The van der Waals surface area contributed by atoms with E-state index < -0.39 is 104 Å². The maximum Gasteiger partial charge on any atom is 0.303 e.